The third-order valence-corrected chi connectivity index (χ3v) is 4.96. The monoisotopic (exact) mass is 307 g/mol. The fourth-order valence-corrected chi connectivity index (χ4v) is 3.44. The molecule has 21 heavy (non-hydrogen) atoms. The lowest BCUT2D eigenvalue weighted by Gasteiger charge is -2.16. The molecule has 1 N–H and O–H groups in total. The summed E-state index contributed by atoms with van der Waals surface area (Å²) >= 11 is 0. The van der Waals surface area contributed by atoms with Crippen LogP contribution in [0, 0.1) is 19.3 Å². The Labute approximate surface area is 129 Å². The Bertz CT molecular complexity index is 555. The van der Waals surface area contributed by atoms with Gasteiger partial charge in [0.1, 0.15) is 0 Å². The first-order valence-corrected chi connectivity index (χ1v) is 9.00. The number of sulfonamides is 1. The van der Waals surface area contributed by atoms with E-state index in [1.807, 2.05) is 6.92 Å². The molecule has 0 aliphatic rings. The Kier molecular flexibility index (Phi) is 7.49. The van der Waals surface area contributed by atoms with Crippen LogP contribution in [0.15, 0.2) is 29.2 Å². The highest BCUT2D eigenvalue weighted by atomic mass is 32.2. The van der Waals surface area contributed by atoms with Crippen molar-refractivity contribution in [2.45, 2.75) is 63.3 Å². The van der Waals surface area contributed by atoms with Gasteiger partial charge in [-0.3, -0.25) is 0 Å². The Morgan fingerprint density at radius 1 is 1.19 bits per heavy atom. The van der Waals surface area contributed by atoms with E-state index in [1.54, 1.807) is 24.3 Å². The molecule has 1 unspecified atom stereocenters. The Morgan fingerprint density at radius 2 is 1.86 bits per heavy atom. The molecule has 1 aromatic rings. The van der Waals surface area contributed by atoms with Crippen LogP contribution >= 0.6 is 0 Å². The molecule has 0 amide bonds. The van der Waals surface area contributed by atoms with E-state index in [9.17, 15) is 8.42 Å². The minimum Gasteiger partial charge on any atom is -0.207 e. The molecule has 1 aromatic carbocycles. The maximum absolute atomic E-state index is 12.3. The Hall–Kier alpha value is -1.31. The second-order valence-electron chi connectivity index (χ2n) is 5.39. The van der Waals surface area contributed by atoms with Gasteiger partial charge in [0.25, 0.3) is 0 Å². The summed E-state index contributed by atoms with van der Waals surface area (Å²) in [7, 11) is -3.49. The molecule has 3 nitrogen and oxygen atoms in total. The number of nitrogens with one attached hydrogen (secondary N) is 1. The number of terminal acetylenes is 1. The van der Waals surface area contributed by atoms with Gasteiger partial charge in [0.2, 0.25) is 10.0 Å². The lowest BCUT2D eigenvalue weighted by molar-refractivity contribution is 0.505. The summed E-state index contributed by atoms with van der Waals surface area (Å²) in [5.74, 6) is 2.56. The summed E-state index contributed by atoms with van der Waals surface area (Å²) in [6.07, 6.45) is 11.0. The minimum absolute atomic E-state index is 0.182. The van der Waals surface area contributed by atoms with E-state index in [2.05, 4.69) is 17.6 Å². The van der Waals surface area contributed by atoms with E-state index in [0.29, 0.717) is 11.3 Å². The van der Waals surface area contributed by atoms with Gasteiger partial charge in [0, 0.05) is 12.5 Å². The molecule has 0 spiro atoms. The van der Waals surface area contributed by atoms with Crippen molar-refractivity contribution in [1.29, 1.82) is 0 Å². The summed E-state index contributed by atoms with van der Waals surface area (Å²) in [6.45, 7) is 4.08. The van der Waals surface area contributed by atoms with Crippen molar-refractivity contribution in [2.24, 2.45) is 0 Å². The van der Waals surface area contributed by atoms with Crippen molar-refractivity contribution in [1.82, 2.24) is 4.72 Å². The topological polar surface area (TPSA) is 46.2 Å². The maximum Gasteiger partial charge on any atom is 0.240 e. The highest BCUT2D eigenvalue weighted by Crippen LogP contribution is 2.14. The van der Waals surface area contributed by atoms with Crippen molar-refractivity contribution in [2.75, 3.05) is 0 Å². The van der Waals surface area contributed by atoms with Crippen molar-refractivity contribution >= 4 is 10.0 Å². The van der Waals surface area contributed by atoms with Gasteiger partial charge in [-0.1, -0.05) is 50.3 Å². The SMILES string of the molecule is C#CCC(CCCCCC)NS(=O)(=O)c1ccc(C)cc1. The quantitative estimate of drug-likeness (QED) is 0.559. The van der Waals surface area contributed by atoms with Crippen LogP contribution in [0.5, 0.6) is 0 Å². The molecule has 0 aliphatic carbocycles. The van der Waals surface area contributed by atoms with Gasteiger partial charge in [-0.05, 0) is 25.5 Å². The molecule has 0 heterocycles. The van der Waals surface area contributed by atoms with E-state index < -0.39 is 10.0 Å². The predicted molar refractivity (Wildman–Crippen MR) is 87.5 cm³/mol. The zero-order valence-electron chi connectivity index (χ0n) is 12.9. The van der Waals surface area contributed by atoms with Crippen LogP contribution < -0.4 is 4.72 Å². The summed E-state index contributed by atoms with van der Waals surface area (Å²) < 4.78 is 27.4. The van der Waals surface area contributed by atoms with Crippen molar-refractivity contribution in [3.05, 3.63) is 29.8 Å². The molecule has 0 fully saturated rings. The molecular weight excluding hydrogens is 282 g/mol. The molecular formula is C17H25NO2S. The van der Waals surface area contributed by atoms with Gasteiger partial charge in [-0.25, -0.2) is 13.1 Å². The Morgan fingerprint density at radius 3 is 2.43 bits per heavy atom. The van der Waals surface area contributed by atoms with Gasteiger partial charge in [0.05, 0.1) is 4.90 Å². The minimum atomic E-state index is -3.49. The van der Waals surface area contributed by atoms with Crippen molar-refractivity contribution in [3.63, 3.8) is 0 Å². The van der Waals surface area contributed by atoms with Crippen LogP contribution in [-0.4, -0.2) is 14.5 Å². The van der Waals surface area contributed by atoms with Crippen molar-refractivity contribution in [3.8, 4) is 12.3 Å². The number of unbranched alkanes of at least 4 members (excludes halogenated alkanes) is 3. The van der Waals surface area contributed by atoms with Crippen LogP contribution in [-0.2, 0) is 10.0 Å². The van der Waals surface area contributed by atoms with Gasteiger partial charge >= 0.3 is 0 Å². The van der Waals surface area contributed by atoms with Gasteiger partial charge in [-0.2, -0.15) is 0 Å². The van der Waals surface area contributed by atoms with E-state index >= 15 is 0 Å². The molecule has 0 radical (unpaired) electrons. The van der Waals surface area contributed by atoms with E-state index in [1.165, 1.54) is 6.42 Å². The molecule has 116 valence electrons. The zero-order valence-corrected chi connectivity index (χ0v) is 13.7. The largest absolute Gasteiger partial charge is 0.240 e. The van der Waals surface area contributed by atoms with E-state index in [0.717, 1.165) is 31.2 Å². The first-order valence-electron chi connectivity index (χ1n) is 7.52. The third-order valence-electron chi connectivity index (χ3n) is 3.42. The summed E-state index contributed by atoms with van der Waals surface area (Å²) in [6, 6.07) is 6.67. The number of benzene rings is 1. The average molecular weight is 307 g/mol. The molecule has 0 saturated carbocycles. The number of rotatable bonds is 9. The number of hydrogen-bond acceptors (Lipinski definition) is 2. The predicted octanol–water partition coefficient (Wildman–Crippen LogP) is 3.64. The molecule has 0 saturated heterocycles. The van der Waals surface area contributed by atoms with Crippen LogP contribution in [0.1, 0.15) is 51.0 Å². The van der Waals surface area contributed by atoms with Crippen LogP contribution in [0.25, 0.3) is 0 Å². The number of aryl methyl sites for hydroxylation is 1. The third kappa shape index (κ3) is 6.33. The highest BCUT2D eigenvalue weighted by molar-refractivity contribution is 7.89. The zero-order chi connectivity index (χ0) is 15.7. The average Bonchev–Trinajstić information content (AvgIpc) is 2.44. The van der Waals surface area contributed by atoms with E-state index in [-0.39, 0.29) is 6.04 Å². The number of hydrogen-bond donors (Lipinski definition) is 1. The van der Waals surface area contributed by atoms with E-state index in [4.69, 9.17) is 6.42 Å². The molecule has 4 heteroatoms. The van der Waals surface area contributed by atoms with Crippen molar-refractivity contribution < 1.29 is 8.42 Å². The second kappa shape index (κ2) is 8.86. The standard InChI is InChI=1S/C17H25NO2S/c1-4-6-7-8-10-16(9-5-2)18-21(19,20)17-13-11-15(3)12-14-17/h2,11-14,16,18H,4,6-10H2,1,3H3. The smallest absolute Gasteiger partial charge is 0.207 e. The summed E-state index contributed by atoms with van der Waals surface area (Å²) in [4.78, 5) is 0.295. The fourth-order valence-electron chi connectivity index (χ4n) is 2.17. The first-order chi connectivity index (χ1) is 9.99. The molecule has 0 aliphatic heterocycles. The second-order valence-corrected chi connectivity index (χ2v) is 7.10. The lowest BCUT2D eigenvalue weighted by Crippen LogP contribution is -2.34. The van der Waals surface area contributed by atoms with Gasteiger partial charge < -0.3 is 0 Å². The summed E-state index contributed by atoms with van der Waals surface area (Å²) in [5.41, 5.74) is 1.04. The summed E-state index contributed by atoms with van der Waals surface area (Å²) in [5, 5.41) is 0. The lowest BCUT2D eigenvalue weighted by atomic mass is 10.1. The van der Waals surface area contributed by atoms with Gasteiger partial charge in [0.15, 0.2) is 0 Å². The molecule has 0 aromatic heterocycles. The Balaban J connectivity index is 2.68. The molecule has 0 bridgehead atoms. The fraction of sp³-hybridized carbons (Fsp3) is 0.529. The molecule has 1 atom stereocenters. The van der Waals surface area contributed by atoms with Crippen LogP contribution in [0.4, 0.5) is 0 Å². The van der Waals surface area contributed by atoms with Crippen LogP contribution in [0.3, 0.4) is 0 Å². The molecule has 1 rings (SSSR count). The van der Waals surface area contributed by atoms with Gasteiger partial charge in [-0.15, -0.1) is 12.3 Å². The van der Waals surface area contributed by atoms with Crippen LogP contribution in [0.2, 0.25) is 0 Å². The first kappa shape index (κ1) is 17.7. The normalized spacial score (nSPS) is 12.8. The maximum atomic E-state index is 12.3. The highest BCUT2D eigenvalue weighted by Gasteiger charge is 2.19.